The zero-order valence-corrected chi connectivity index (χ0v) is 7.03. The van der Waals surface area contributed by atoms with E-state index in [1.54, 1.807) is 0 Å². The average molecular weight is 173 g/mol. The van der Waals surface area contributed by atoms with Gasteiger partial charge in [-0.25, -0.2) is 5.90 Å². The maximum atomic E-state index is 10.7. The molecule has 0 aromatic rings. The molecule has 5 nitrogen and oxygen atoms in total. The van der Waals surface area contributed by atoms with Crippen LogP contribution in [-0.4, -0.2) is 36.5 Å². The van der Waals surface area contributed by atoms with E-state index in [1.165, 1.54) is 0 Å². The second kappa shape index (κ2) is 4.39. The number of nitrogens with two attached hydrogens (primary N) is 2. The first-order valence-corrected chi connectivity index (χ1v) is 4.10. The number of hydrogen-bond acceptors (Lipinski definition) is 4. The lowest BCUT2D eigenvalue weighted by Gasteiger charge is -2.38. The van der Waals surface area contributed by atoms with Crippen LogP contribution in [0.4, 0.5) is 0 Å². The molecule has 1 saturated heterocycles. The van der Waals surface area contributed by atoms with Crippen molar-refractivity contribution in [2.24, 2.45) is 11.6 Å². The molecule has 70 valence electrons. The van der Waals surface area contributed by atoms with Crippen molar-refractivity contribution in [3.05, 3.63) is 0 Å². The molecule has 0 aromatic carbocycles. The van der Waals surface area contributed by atoms with Gasteiger partial charge in [-0.05, 0) is 12.8 Å². The van der Waals surface area contributed by atoms with Crippen LogP contribution >= 0.6 is 0 Å². The highest BCUT2D eigenvalue weighted by Gasteiger charge is 2.31. The van der Waals surface area contributed by atoms with Crippen LogP contribution in [0.1, 0.15) is 12.8 Å². The number of rotatable bonds is 5. The van der Waals surface area contributed by atoms with E-state index in [-0.39, 0.29) is 11.9 Å². The van der Waals surface area contributed by atoms with Crippen LogP contribution in [0.2, 0.25) is 0 Å². The Hall–Kier alpha value is -0.650. The molecular formula is C7H15N3O2. The van der Waals surface area contributed by atoms with Gasteiger partial charge in [0.15, 0.2) is 0 Å². The van der Waals surface area contributed by atoms with Crippen LogP contribution in [0.5, 0.6) is 0 Å². The summed E-state index contributed by atoms with van der Waals surface area (Å²) in [6.45, 7) is 2.32. The summed E-state index contributed by atoms with van der Waals surface area (Å²) < 4.78 is 0. The Labute approximate surface area is 71.6 Å². The molecule has 1 heterocycles. The SMILES string of the molecule is NOCCCN1CCC1C(N)=O. The maximum Gasteiger partial charge on any atom is 0.234 e. The average Bonchev–Trinajstić information content (AvgIpc) is 1.94. The molecule has 1 fully saturated rings. The summed E-state index contributed by atoms with van der Waals surface area (Å²) >= 11 is 0. The molecule has 12 heavy (non-hydrogen) atoms. The summed E-state index contributed by atoms with van der Waals surface area (Å²) in [5.41, 5.74) is 5.16. The monoisotopic (exact) mass is 173 g/mol. The summed E-state index contributed by atoms with van der Waals surface area (Å²) in [6, 6.07) is -0.0530. The van der Waals surface area contributed by atoms with E-state index in [2.05, 4.69) is 4.84 Å². The fourth-order valence-electron chi connectivity index (χ4n) is 1.38. The van der Waals surface area contributed by atoms with Crippen molar-refractivity contribution in [3.8, 4) is 0 Å². The van der Waals surface area contributed by atoms with Gasteiger partial charge in [-0.1, -0.05) is 0 Å². The van der Waals surface area contributed by atoms with Gasteiger partial charge in [0.1, 0.15) is 0 Å². The first kappa shape index (κ1) is 9.44. The zero-order valence-electron chi connectivity index (χ0n) is 7.03. The molecule has 1 aliphatic rings. The van der Waals surface area contributed by atoms with Gasteiger partial charge in [-0.3, -0.25) is 9.69 Å². The zero-order chi connectivity index (χ0) is 8.97. The largest absolute Gasteiger partial charge is 0.368 e. The highest BCUT2D eigenvalue weighted by Crippen LogP contribution is 2.16. The van der Waals surface area contributed by atoms with Crippen molar-refractivity contribution in [1.82, 2.24) is 4.90 Å². The van der Waals surface area contributed by atoms with Gasteiger partial charge >= 0.3 is 0 Å². The molecule has 0 radical (unpaired) electrons. The normalized spacial score (nSPS) is 23.6. The molecule has 0 aromatic heterocycles. The number of carbonyl (C=O) groups is 1. The number of nitrogens with zero attached hydrogens (tertiary/aromatic N) is 1. The van der Waals surface area contributed by atoms with E-state index >= 15 is 0 Å². The fourth-order valence-corrected chi connectivity index (χ4v) is 1.38. The van der Waals surface area contributed by atoms with Crippen LogP contribution in [-0.2, 0) is 9.63 Å². The summed E-state index contributed by atoms with van der Waals surface area (Å²) in [4.78, 5) is 17.2. The Balaban J connectivity index is 2.12. The van der Waals surface area contributed by atoms with E-state index in [0.29, 0.717) is 6.61 Å². The van der Waals surface area contributed by atoms with E-state index < -0.39 is 0 Å². The number of likely N-dealkylation sites (tertiary alicyclic amines) is 1. The Morgan fingerprint density at radius 1 is 1.67 bits per heavy atom. The van der Waals surface area contributed by atoms with Crippen LogP contribution in [0.3, 0.4) is 0 Å². The molecule has 0 saturated carbocycles. The van der Waals surface area contributed by atoms with Gasteiger partial charge in [-0.15, -0.1) is 0 Å². The first-order valence-electron chi connectivity index (χ1n) is 4.10. The van der Waals surface area contributed by atoms with Gasteiger partial charge in [0.05, 0.1) is 12.6 Å². The van der Waals surface area contributed by atoms with E-state index in [9.17, 15) is 4.79 Å². The maximum absolute atomic E-state index is 10.7. The third-order valence-electron chi connectivity index (χ3n) is 2.17. The van der Waals surface area contributed by atoms with Crippen molar-refractivity contribution in [1.29, 1.82) is 0 Å². The Kier molecular flexibility index (Phi) is 3.46. The lowest BCUT2D eigenvalue weighted by Crippen LogP contribution is -2.55. The number of hydrogen-bond donors (Lipinski definition) is 2. The number of carbonyl (C=O) groups excluding carboxylic acids is 1. The molecule has 5 heteroatoms. The Bertz CT molecular complexity index is 163. The quantitative estimate of drug-likeness (QED) is 0.405. The lowest BCUT2D eigenvalue weighted by atomic mass is 10.0. The topological polar surface area (TPSA) is 81.6 Å². The van der Waals surface area contributed by atoms with Crippen LogP contribution in [0.25, 0.3) is 0 Å². The Morgan fingerprint density at radius 2 is 2.42 bits per heavy atom. The van der Waals surface area contributed by atoms with E-state index in [0.717, 1.165) is 25.9 Å². The van der Waals surface area contributed by atoms with Crippen LogP contribution in [0, 0.1) is 0 Å². The van der Waals surface area contributed by atoms with Crippen molar-refractivity contribution in [3.63, 3.8) is 0 Å². The van der Waals surface area contributed by atoms with Crippen molar-refractivity contribution >= 4 is 5.91 Å². The third-order valence-corrected chi connectivity index (χ3v) is 2.17. The molecule has 0 spiro atoms. The molecule has 1 aliphatic heterocycles. The molecule has 1 rings (SSSR count). The van der Waals surface area contributed by atoms with E-state index in [4.69, 9.17) is 11.6 Å². The first-order chi connectivity index (χ1) is 5.75. The summed E-state index contributed by atoms with van der Waals surface area (Å²) in [7, 11) is 0. The molecule has 1 amide bonds. The standard InChI is InChI=1S/C7H15N3O2/c8-7(11)6-2-4-10(6)3-1-5-12-9/h6H,1-5,9H2,(H2,8,11). The summed E-state index contributed by atoms with van der Waals surface area (Å²) in [5.74, 6) is 4.63. The minimum atomic E-state index is -0.227. The van der Waals surface area contributed by atoms with Gasteiger partial charge in [0.25, 0.3) is 0 Å². The second-order valence-corrected chi connectivity index (χ2v) is 2.97. The number of amides is 1. The van der Waals surface area contributed by atoms with Gasteiger partial charge in [-0.2, -0.15) is 0 Å². The Morgan fingerprint density at radius 3 is 2.83 bits per heavy atom. The van der Waals surface area contributed by atoms with Crippen molar-refractivity contribution in [2.45, 2.75) is 18.9 Å². The molecule has 1 atom stereocenters. The molecule has 4 N–H and O–H groups in total. The number of primary amides is 1. The molecule has 1 unspecified atom stereocenters. The van der Waals surface area contributed by atoms with Crippen molar-refractivity contribution in [2.75, 3.05) is 19.7 Å². The minimum Gasteiger partial charge on any atom is -0.368 e. The highest BCUT2D eigenvalue weighted by molar-refractivity contribution is 5.80. The highest BCUT2D eigenvalue weighted by atomic mass is 16.6. The smallest absolute Gasteiger partial charge is 0.234 e. The lowest BCUT2D eigenvalue weighted by molar-refractivity contribution is -0.127. The molecule has 0 aliphatic carbocycles. The third kappa shape index (κ3) is 2.17. The van der Waals surface area contributed by atoms with Gasteiger partial charge in [0.2, 0.25) is 5.91 Å². The van der Waals surface area contributed by atoms with Gasteiger partial charge < -0.3 is 10.6 Å². The minimum absolute atomic E-state index is 0.0530. The van der Waals surface area contributed by atoms with Crippen LogP contribution < -0.4 is 11.6 Å². The van der Waals surface area contributed by atoms with E-state index in [1.807, 2.05) is 4.90 Å². The molecular weight excluding hydrogens is 158 g/mol. The fraction of sp³-hybridized carbons (Fsp3) is 0.857. The second-order valence-electron chi connectivity index (χ2n) is 2.97. The predicted molar refractivity (Wildman–Crippen MR) is 43.9 cm³/mol. The summed E-state index contributed by atoms with van der Waals surface area (Å²) in [6.07, 6.45) is 1.74. The van der Waals surface area contributed by atoms with Crippen LogP contribution in [0.15, 0.2) is 0 Å². The summed E-state index contributed by atoms with van der Waals surface area (Å²) in [5, 5.41) is 0. The van der Waals surface area contributed by atoms with Gasteiger partial charge in [0, 0.05) is 13.1 Å². The predicted octanol–water partition coefficient (Wildman–Crippen LogP) is -1.17. The van der Waals surface area contributed by atoms with Crippen molar-refractivity contribution < 1.29 is 9.63 Å². The molecule has 0 bridgehead atoms.